The average molecular weight is 325 g/mol. The van der Waals surface area contributed by atoms with Gasteiger partial charge in [0.25, 0.3) is 0 Å². The molecule has 24 heavy (non-hydrogen) atoms. The van der Waals surface area contributed by atoms with Gasteiger partial charge in [-0.25, -0.2) is 0 Å². The fraction of sp³-hybridized carbons (Fsp3) is 0.250. The first kappa shape index (κ1) is 17.8. The molecule has 2 aromatic carbocycles. The number of likely N-dealkylation sites (N-methyl/N-ethyl adjacent to an activating group) is 1. The topological polar surface area (TPSA) is 47.6 Å². The standard InChI is InChI=1S/C20H23NO3/c1-21-19(14-16-6-4-3-5-7-16)20(12-13-22)24-15-17-8-10-18(23-2)11-9-17/h3-13,19,21H,14-15H2,1-2H3/b20-12+. The molecule has 0 aliphatic heterocycles. The van der Waals surface area contributed by atoms with Crippen LogP contribution in [0.3, 0.4) is 0 Å². The lowest BCUT2D eigenvalue weighted by Gasteiger charge is -2.20. The van der Waals surface area contributed by atoms with Crippen LogP contribution in [0.4, 0.5) is 0 Å². The van der Waals surface area contributed by atoms with Gasteiger partial charge in [-0.05, 0) is 36.7 Å². The van der Waals surface area contributed by atoms with E-state index >= 15 is 0 Å². The molecule has 0 saturated carbocycles. The van der Waals surface area contributed by atoms with Gasteiger partial charge in [-0.15, -0.1) is 0 Å². The summed E-state index contributed by atoms with van der Waals surface area (Å²) in [6.45, 7) is 0.399. The number of rotatable bonds is 9. The van der Waals surface area contributed by atoms with Crippen LogP contribution in [-0.2, 0) is 22.6 Å². The number of methoxy groups -OCH3 is 1. The molecule has 1 unspecified atom stereocenters. The molecule has 1 atom stereocenters. The van der Waals surface area contributed by atoms with Crippen LogP contribution in [0.5, 0.6) is 5.75 Å². The Morgan fingerprint density at radius 3 is 2.38 bits per heavy atom. The van der Waals surface area contributed by atoms with Gasteiger partial charge in [0.1, 0.15) is 24.4 Å². The van der Waals surface area contributed by atoms with Crippen molar-refractivity contribution in [2.45, 2.75) is 19.1 Å². The highest BCUT2D eigenvalue weighted by molar-refractivity contribution is 5.65. The zero-order valence-corrected chi connectivity index (χ0v) is 14.1. The van der Waals surface area contributed by atoms with Gasteiger partial charge in [-0.1, -0.05) is 42.5 Å². The van der Waals surface area contributed by atoms with Crippen LogP contribution in [-0.4, -0.2) is 26.5 Å². The highest BCUT2D eigenvalue weighted by Crippen LogP contribution is 2.16. The van der Waals surface area contributed by atoms with Gasteiger partial charge in [0.05, 0.1) is 13.2 Å². The Balaban J connectivity index is 2.03. The van der Waals surface area contributed by atoms with Gasteiger partial charge in [-0.2, -0.15) is 0 Å². The van der Waals surface area contributed by atoms with E-state index < -0.39 is 0 Å². The highest BCUT2D eigenvalue weighted by atomic mass is 16.5. The number of carbonyl (C=O) groups is 1. The molecule has 126 valence electrons. The number of nitrogens with one attached hydrogen (secondary N) is 1. The van der Waals surface area contributed by atoms with Crippen molar-refractivity contribution in [2.24, 2.45) is 0 Å². The third-order valence-corrected chi connectivity index (χ3v) is 3.77. The molecule has 0 aliphatic carbocycles. The van der Waals surface area contributed by atoms with Gasteiger partial charge < -0.3 is 14.8 Å². The maximum absolute atomic E-state index is 11.0. The molecule has 0 aliphatic rings. The lowest BCUT2D eigenvalue weighted by atomic mass is 10.0. The van der Waals surface area contributed by atoms with Gasteiger partial charge >= 0.3 is 0 Å². The average Bonchev–Trinajstić information content (AvgIpc) is 2.64. The van der Waals surface area contributed by atoms with Crippen LogP contribution in [0.15, 0.2) is 66.4 Å². The van der Waals surface area contributed by atoms with Crippen molar-refractivity contribution in [2.75, 3.05) is 14.2 Å². The second-order valence-electron chi connectivity index (χ2n) is 5.37. The second kappa shape index (κ2) is 9.53. The predicted octanol–water partition coefficient (Wildman–Crippen LogP) is 3.13. The minimum absolute atomic E-state index is 0.0594. The molecule has 1 N–H and O–H groups in total. The Morgan fingerprint density at radius 2 is 1.79 bits per heavy atom. The number of allylic oxidation sites excluding steroid dienone is 1. The maximum atomic E-state index is 11.0. The van der Waals surface area contributed by atoms with Gasteiger partial charge in [0.2, 0.25) is 0 Å². The van der Waals surface area contributed by atoms with Crippen LogP contribution in [0.25, 0.3) is 0 Å². The van der Waals surface area contributed by atoms with Crippen molar-refractivity contribution in [3.8, 4) is 5.75 Å². The Bertz CT molecular complexity index is 650. The van der Waals surface area contributed by atoms with E-state index in [2.05, 4.69) is 17.4 Å². The van der Waals surface area contributed by atoms with Crippen molar-refractivity contribution in [1.82, 2.24) is 5.32 Å². The number of aldehydes is 1. The molecule has 0 bridgehead atoms. The molecule has 0 spiro atoms. The lowest BCUT2D eigenvalue weighted by Crippen LogP contribution is -2.31. The highest BCUT2D eigenvalue weighted by Gasteiger charge is 2.14. The molecule has 0 radical (unpaired) electrons. The van der Waals surface area contributed by atoms with E-state index in [4.69, 9.17) is 9.47 Å². The van der Waals surface area contributed by atoms with Crippen molar-refractivity contribution in [1.29, 1.82) is 0 Å². The Hall–Kier alpha value is -2.59. The summed E-state index contributed by atoms with van der Waals surface area (Å²) in [5.41, 5.74) is 2.20. The molecule has 0 fully saturated rings. The maximum Gasteiger partial charge on any atom is 0.146 e. The predicted molar refractivity (Wildman–Crippen MR) is 94.9 cm³/mol. The summed E-state index contributed by atoms with van der Waals surface area (Å²) in [5, 5.41) is 3.22. The molecule has 0 aromatic heterocycles. The number of hydrogen-bond donors (Lipinski definition) is 1. The summed E-state index contributed by atoms with van der Waals surface area (Å²) in [7, 11) is 3.50. The van der Waals surface area contributed by atoms with Gasteiger partial charge in [0, 0.05) is 6.08 Å². The minimum Gasteiger partial charge on any atom is -0.497 e. The molecule has 0 heterocycles. The Morgan fingerprint density at radius 1 is 1.08 bits per heavy atom. The first-order valence-corrected chi connectivity index (χ1v) is 7.89. The number of carbonyl (C=O) groups excluding carboxylic acids is 1. The second-order valence-corrected chi connectivity index (χ2v) is 5.37. The summed E-state index contributed by atoms with van der Waals surface area (Å²) in [4.78, 5) is 11.0. The van der Waals surface area contributed by atoms with Gasteiger partial charge in [0.15, 0.2) is 0 Å². The number of ether oxygens (including phenoxy) is 2. The molecule has 4 heteroatoms. The molecule has 2 aromatic rings. The normalized spacial score (nSPS) is 12.5. The van der Waals surface area contributed by atoms with E-state index in [0.29, 0.717) is 12.4 Å². The quantitative estimate of drug-likeness (QED) is 0.437. The van der Waals surface area contributed by atoms with E-state index in [9.17, 15) is 4.79 Å². The van der Waals surface area contributed by atoms with Crippen molar-refractivity contribution in [3.63, 3.8) is 0 Å². The zero-order valence-electron chi connectivity index (χ0n) is 14.1. The molecule has 4 nitrogen and oxygen atoms in total. The van der Waals surface area contributed by atoms with Crippen molar-refractivity contribution >= 4 is 6.29 Å². The van der Waals surface area contributed by atoms with Crippen LogP contribution in [0.2, 0.25) is 0 Å². The molecule has 0 saturated heterocycles. The summed E-state index contributed by atoms with van der Waals surface area (Å²) >= 11 is 0. The van der Waals surface area contributed by atoms with Crippen LogP contribution >= 0.6 is 0 Å². The smallest absolute Gasteiger partial charge is 0.146 e. The number of benzene rings is 2. The molecule has 2 rings (SSSR count). The van der Waals surface area contributed by atoms with Crippen LogP contribution in [0.1, 0.15) is 11.1 Å². The van der Waals surface area contributed by atoms with E-state index in [1.807, 2.05) is 49.5 Å². The van der Waals surface area contributed by atoms with E-state index in [-0.39, 0.29) is 6.04 Å². The third kappa shape index (κ3) is 5.25. The number of hydrogen-bond acceptors (Lipinski definition) is 4. The summed E-state index contributed by atoms with van der Waals surface area (Å²) in [6, 6.07) is 17.7. The monoisotopic (exact) mass is 325 g/mol. The summed E-state index contributed by atoms with van der Waals surface area (Å²) in [6.07, 6.45) is 2.99. The van der Waals surface area contributed by atoms with E-state index in [1.54, 1.807) is 7.11 Å². The summed E-state index contributed by atoms with van der Waals surface area (Å²) in [5.74, 6) is 1.44. The molecular formula is C20H23NO3. The van der Waals surface area contributed by atoms with Gasteiger partial charge in [-0.3, -0.25) is 4.79 Å². The fourth-order valence-corrected chi connectivity index (χ4v) is 2.42. The Labute approximate surface area is 143 Å². The Kier molecular flexibility index (Phi) is 7.05. The first-order chi connectivity index (χ1) is 11.8. The minimum atomic E-state index is -0.0594. The third-order valence-electron chi connectivity index (χ3n) is 3.77. The van der Waals surface area contributed by atoms with E-state index in [0.717, 1.165) is 24.0 Å². The first-order valence-electron chi connectivity index (χ1n) is 7.89. The summed E-state index contributed by atoms with van der Waals surface area (Å²) < 4.78 is 11.0. The zero-order chi connectivity index (χ0) is 17.2. The van der Waals surface area contributed by atoms with Crippen LogP contribution in [0, 0.1) is 0 Å². The van der Waals surface area contributed by atoms with Crippen LogP contribution < -0.4 is 10.1 Å². The van der Waals surface area contributed by atoms with Crippen molar-refractivity contribution < 1.29 is 14.3 Å². The molecular weight excluding hydrogens is 302 g/mol. The fourth-order valence-electron chi connectivity index (χ4n) is 2.42. The largest absolute Gasteiger partial charge is 0.497 e. The SMILES string of the molecule is CNC(Cc1ccccc1)/C(=C\C=O)OCc1ccc(OC)cc1. The van der Waals surface area contributed by atoms with E-state index in [1.165, 1.54) is 11.6 Å². The lowest BCUT2D eigenvalue weighted by molar-refractivity contribution is -0.104. The molecule has 0 amide bonds. The van der Waals surface area contributed by atoms with Crippen molar-refractivity contribution in [3.05, 3.63) is 77.6 Å².